The minimum absolute atomic E-state index is 0.0933. The van der Waals surface area contributed by atoms with Gasteiger partial charge in [0.15, 0.2) is 0 Å². The highest BCUT2D eigenvalue weighted by Crippen LogP contribution is 2.47. The van der Waals surface area contributed by atoms with Crippen LogP contribution in [0.2, 0.25) is 0 Å². The van der Waals surface area contributed by atoms with Gasteiger partial charge < -0.3 is 9.47 Å². The van der Waals surface area contributed by atoms with Crippen molar-refractivity contribution in [3.05, 3.63) is 47.7 Å². The molecule has 1 aromatic carbocycles. The fraction of sp³-hybridized carbons (Fsp3) is 0.400. The minimum atomic E-state index is 0.0933. The molecule has 0 aliphatic carbocycles. The van der Waals surface area contributed by atoms with E-state index in [1.54, 1.807) is 0 Å². The molecular weight excluding hydrogens is 212 g/mol. The second kappa shape index (κ2) is 4.06. The molecule has 2 aliphatic rings. The zero-order valence-electron chi connectivity index (χ0n) is 9.98. The van der Waals surface area contributed by atoms with Gasteiger partial charge in [0.1, 0.15) is 18.0 Å². The average molecular weight is 228 g/mol. The molecular formula is C15H16O2. The summed E-state index contributed by atoms with van der Waals surface area (Å²) in [6.45, 7) is 5.76. The van der Waals surface area contributed by atoms with Crippen LogP contribution in [-0.4, -0.2) is 12.2 Å². The number of fused-ring (bicyclic) bond motifs is 3. The number of ether oxygens (including phenoxy) is 2. The maximum absolute atomic E-state index is 6.01. The molecule has 88 valence electrons. The summed E-state index contributed by atoms with van der Waals surface area (Å²) >= 11 is 0. The molecule has 0 aromatic heterocycles. The normalized spacial score (nSPS) is 29.1. The highest BCUT2D eigenvalue weighted by atomic mass is 16.6. The van der Waals surface area contributed by atoms with E-state index >= 15 is 0 Å². The van der Waals surface area contributed by atoms with Crippen molar-refractivity contribution in [1.29, 1.82) is 0 Å². The smallest absolute Gasteiger partial charge is 0.132 e. The maximum Gasteiger partial charge on any atom is 0.132 e. The topological polar surface area (TPSA) is 18.5 Å². The molecule has 0 amide bonds. The van der Waals surface area contributed by atoms with Crippen LogP contribution in [-0.2, 0) is 11.2 Å². The first-order valence-electron chi connectivity index (χ1n) is 6.13. The van der Waals surface area contributed by atoms with Gasteiger partial charge in [0.05, 0.1) is 6.10 Å². The lowest BCUT2D eigenvalue weighted by atomic mass is 9.98. The lowest BCUT2D eigenvalue weighted by molar-refractivity contribution is 0.0519. The van der Waals surface area contributed by atoms with Crippen LogP contribution in [0.15, 0.2) is 36.6 Å². The van der Waals surface area contributed by atoms with Crippen molar-refractivity contribution in [2.45, 2.75) is 38.1 Å². The van der Waals surface area contributed by atoms with Gasteiger partial charge in [-0.25, -0.2) is 0 Å². The number of aryl methyl sites for hydroxylation is 1. The number of hydrogen-bond donors (Lipinski definition) is 0. The van der Waals surface area contributed by atoms with E-state index < -0.39 is 0 Å². The fourth-order valence-corrected chi connectivity index (χ4v) is 2.77. The zero-order chi connectivity index (χ0) is 11.8. The first kappa shape index (κ1) is 10.6. The SMILES string of the molecule is C=C=CC1CC2Oc3cccc(CC)c3C2O1. The van der Waals surface area contributed by atoms with Gasteiger partial charge in [-0.1, -0.05) is 25.6 Å². The van der Waals surface area contributed by atoms with E-state index in [4.69, 9.17) is 9.47 Å². The van der Waals surface area contributed by atoms with Crippen LogP contribution in [0.1, 0.15) is 30.6 Å². The Kier molecular flexibility index (Phi) is 2.54. The minimum Gasteiger partial charge on any atom is -0.487 e. The van der Waals surface area contributed by atoms with Crippen LogP contribution in [0.3, 0.4) is 0 Å². The standard InChI is InChI=1S/C15H16O2/c1-3-6-11-9-13-15(16-11)14-10(4-2)7-5-8-12(14)17-13/h5-8,11,13,15H,1,4,9H2,2H3. The third kappa shape index (κ3) is 1.61. The van der Waals surface area contributed by atoms with Gasteiger partial charge in [-0.15, -0.1) is 5.73 Å². The van der Waals surface area contributed by atoms with Crippen molar-refractivity contribution in [3.8, 4) is 5.75 Å². The van der Waals surface area contributed by atoms with Gasteiger partial charge in [0.25, 0.3) is 0 Å². The van der Waals surface area contributed by atoms with Crippen LogP contribution in [0, 0.1) is 0 Å². The average Bonchev–Trinajstić information content (AvgIpc) is 2.85. The first-order valence-corrected chi connectivity index (χ1v) is 6.13. The molecule has 2 aliphatic heterocycles. The van der Waals surface area contributed by atoms with Crippen molar-refractivity contribution < 1.29 is 9.47 Å². The molecule has 2 nitrogen and oxygen atoms in total. The quantitative estimate of drug-likeness (QED) is 0.724. The summed E-state index contributed by atoms with van der Waals surface area (Å²) in [5, 5.41) is 0. The zero-order valence-corrected chi connectivity index (χ0v) is 9.98. The molecule has 2 heterocycles. The summed E-state index contributed by atoms with van der Waals surface area (Å²) in [4.78, 5) is 0. The Morgan fingerprint density at radius 1 is 1.53 bits per heavy atom. The van der Waals surface area contributed by atoms with E-state index in [2.05, 4.69) is 31.4 Å². The van der Waals surface area contributed by atoms with Crippen molar-refractivity contribution in [3.63, 3.8) is 0 Å². The van der Waals surface area contributed by atoms with Gasteiger partial charge in [-0.05, 0) is 24.1 Å². The molecule has 1 fully saturated rings. The monoisotopic (exact) mass is 228 g/mol. The predicted octanol–water partition coefficient (Wildman–Crippen LogP) is 3.18. The van der Waals surface area contributed by atoms with Crippen molar-refractivity contribution >= 4 is 0 Å². The van der Waals surface area contributed by atoms with Gasteiger partial charge in [-0.2, -0.15) is 0 Å². The highest BCUT2D eigenvalue weighted by Gasteiger charge is 2.44. The summed E-state index contributed by atoms with van der Waals surface area (Å²) in [5.74, 6) is 1.00. The van der Waals surface area contributed by atoms with Gasteiger partial charge in [0.2, 0.25) is 0 Å². The van der Waals surface area contributed by atoms with E-state index in [9.17, 15) is 0 Å². The van der Waals surface area contributed by atoms with Crippen molar-refractivity contribution in [1.82, 2.24) is 0 Å². The van der Waals surface area contributed by atoms with Crippen LogP contribution >= 0.6 is 0 Å². The van der Waals surface area contributed by atoms with Crippen molar-refractivity contribution in [2.75, 3.05) is 0 Å². The number of rotatable bonds is 2. The molecule has 3 atom stereocenters. The van der Waals surface area contributed by atoms with Crippen LogP contribution < -0.4 is 4.74 Å². The Morgan fingerprint density at radius 3 is 3.18 bits per heavy atom. The third-order valence-corrected chi connectivity index (χ3v) is 3.53. The molecule has 3 unspecified atom stereocenters. The maximum atomic E-state index is 6.01. The third-order valence-electron chi connectivity index (χ3n) is 3.53. The Labute approximate surface area is 102 Å². The van der Waals surface area contributed by atoms with Crippen LogP contribution in [0.25, 0.3) is 0 Å². The Balaban J connectivity index is 1.96. The molecule has 0 N–H and O–H groups in total. The summed E-state index contributed by atoms with van der Waals surface area (Å²) in [6, 6.07) is 6.25. The molecule has 2 heteroatoms. The number of benzene rings is 1. The van der Waals surface area contributed by atoms with Crippen LogP contribution in [0.5, 0.6) is 5.75 Å². The summed E-state index contributed by atoms with van der Waals surface area (Å²) < 4.78 is 12.0. The molecule has 0 radical (unpaired) electrons. The molecule has 0 bridgehead atoms. The summed E-state index contributed by atoms with van der Waals surface area (Å²) in [7, 11) is 0. The predicted molar refractivity (Wildman–Crippen MR) is 66.2 cm³/mol. The van der Waals surface area contributed by atoms with E-state index in [0.29, 0.717) is 0 Å². The van der Waals surface area contributed by atoms with E-state index in [0.717, 1.165) is 18.6 Å². The van der Waals surface area contributed by atoms with Crippen LogP contribution in [0.4, 0.5) is 0 Å². The number of hydrogen-bond acceptors (Lipinski definition) is 2. The van der Waals surface area contributed by atoms with Gasteiger partial charge >= 0.3 is 0 Å². The molecule has 3 rings (SSSR count). The Bertz CT molecular complexity index is 486. The Morgan fingerprint density at radius 2 is 2.41 bits per heavy atom. The fourth-order valence-electron chi connectivity index (χ4n) is 2.77. The molecule has 1 saturated heterocycles. The summed E-state index contributed by atoms with van der Waals surface area (Å²) in [6.07, 6.45) is 4.14. The van der Waals surface area contributed by atoms with E-state index in [1.807, 2.05) is 12.1 Å². The molecule has 17 heavy (non-hydrogen) atoms. The largest absolute Gasteiger partial charge is 0.487 e. The summed E-state index contributed by atoms with van der Waals surface area (Å²) in [5.41, 5.74) is 5.38. The molecule has 0 saturated carbocycles. The first-order chi connectivity index (χ1) is 8.33. The van der Waals surface area contributed by atoms with E-state index in [1.165, 1.54) is 11.1 Å². The van der Waals surface area contributed by atoms with Crippen molar-refractivity contribution in [2.24, 2.45) is 0 Å². The van der Waals surface area contributed by atoms with Gasteiger partial charge in [-0.3, -0.25) is 0 Å². The lowest BCUT2D eigenvalue weighted by Crippen LogP contribution is -2.12. The Hall–Kier alpha value is -1.50. The molecule has 0 spiro atoms. The van der Waals surface area contributed by atoms with E-state index in [-0.39, 0.29) is 18.3 Å². The molecule has 1 aromatic rings. The van der Waals surface area contributed by atoms with Gasteiger partial charge in [0, 0.05) is 12.0 Å². The highest BCUT2D eigenvalue weighted by molar-refractivity contribution is 5.46. The second-order valence-electron chi connectivity index (χ2n) is 4.54. The second-order valence-corrected chi connectivity index (χ2v) is 4.54. The lowest BCUT2D eigenvalue weighted by Gasteiger charge is -2.11.